The summed E-state index contributed by atoms with van der Waals surface area (Å²) in [6.45, 7) is 2.30. The molecule has 1 aromatic carbocycles. The second-order valence-corrected chi connectivity index (χ2v) is 7.75. The molecule has 0 saturated carbocycles. The molecular weight excluding hydrogens is 394 g/mol. The average molecular weight is 419 g/mol. The molecule has 0 bridgehead atoms. The molecule has 0 N–H and O–H groups in total. The number of rotatable bonds is 6. The van der Waals surface area contributed by atoms with Gasteiger partial charge in [-0.1, -0.05) is 0 Å². The van der Waals surface area contributed by atoms with Crippen molar-refractivity contribution in [3.05, 3.63) is 81.5 Å². The Labute approximate surface area is 180 Å². The SMILES string of the molecule is COc1cc2c(cc1OC)[C@@H](CN(C)C(=O)c1c(C)ccn(-c3cccnc3)c1=O)C2. The van der Waals surface area contributed by atoms with E-state index < -0.39 is 0 Å². The van der Waals surface area contributed by atoms with E-state index in [0.717, 1.165) is 12.0 Å². The fraction of sp³-hybridized carbons (Fsp3) is 0.292. The van der Waals surface area contributed by atoms with E-state index in [1.807, 2.05) is 12.1 Å². The minimum atomic E-state index is -0.342. The number of pyridine rings is 2. The van der Waals surface area contributed by atoms with Crippen molar-refractivity contribution in [2.75, 3.05) is 27.8 Å². The predicted octanol–water partition coefficient (Wildman–Crippen LogP) is 2.97. The van der Waals surface area contributed by atoms with E-state index in [0.29, 0.717) is 29.3 Å². The van der Waals surface area contributed by atoms with Crippen LogP contribution in [0.4, 0.5) is 0 Å². The Hall–Kier alpha value is -3.61. The van der Waals surface area contributed by atoms with Crippen molar-refractivity contribution in [1.29, 1.82) is 0 Å². The van der Waals surface area contributed by atoms with Gasteiger partial charge >= 0.3 is 0 Å². The van der Waals surface area contributed by atoms with E-state index >= 15 is 0 Å². The fourth-order valence-electron chi connectivity index (χ4n) is 4.09. The minimum absolute atomic E-state index is 0.181. The summed E-state index contributed by atoms with van der Waals surface area (Å²) >= 11 is 0. The summed E-state index contributed by atoms with van der Waals surface area (Å²) in [7, 11) is 4.97. The maximum absolute atomic E-state index is 13.2. The normalized spacial score (nSPS) is 14.4. The first-order valence-electron chi connectivity index (χ1n) is 10.1. The van der Waals surface area contributed by atoms with E-state index in [2.05, 4.69) is 4.98 Å². The van der Waals surface area contributed by atoms with Gasteiger partial charge in [0.25, 0.3) is 11.5 Å². The summed E-state index contributed by atoms with van der Waals surface area (Å²) in [6, 6.07) is 9.29. The number of aryl methyl sites for hydroxylation is 1. The van der Waals surface area contributed by atoms with E-state index in [-0.39, 0.29) is 22.9 Å². The highest BCUT2D eigenvalue weighted by atomic mass is 16.5. The number of likely N-dealkylation sites (N-methyl/N-ethyl adjacent to an activating group) is 1. The fourth-order valence-corrected chi connectivity index (χ4v) is 4.09. The molecule has 0 spiro atoms. The van der Waals surface area contributed by atoms with Crippen LogP contribution in [0.5, 0.6) is 11.5 Å². The Bertz CT molecular complexity index is 1190. The van der Waals surface area contributed by atoms with E-state index in [4.69, 9.17) is 9.47 Å². The zero-order valence-corrected chi connectivity index (χ0v) is 18.1. The topological polar surface area (TPSA) is 73.7 Å². The van der Waals surface area contributed by atoms with Crippen LogP contribution in [0.2, 0.25) is 0 Å². The van der Waals surface area contributed by atoms with Crippen molar-refractivity contribution in [3.8, 4) is 17.2 Å². The van der Waals surface area contributed by atoms with Gasteiger partial charge in [0.05, 0.1) is 26.1 Å². The average Bonchev–Trinajstić information content (AvgIpc) is 2.77. The number of hydrogen-bond acceptors (Lipinski definition) is 5. The van der Waals surface area contributed by atoms with Gasteiger partial charge in [-0.05, 0) is 60.4 Å². The van der Waals surface area contributed by atoms with Crippen LogP contribution in [0.1, 0.15) is 33.0 Å². The third-order valence-electron chi connectivity index (χ3n) is 5.83. The summed E-state index contributed by atoms with van der Waals surface area (Å²) < 4.78 is 12.2. The molecule has 160 valence electrons. The van der Waals surface area contributed by atoms with Crippen LogP contribution in [0.25, 0.3) is 5.69 Å². The van der Waals surface area contributed by atoms with Crippen LogP contribution < -0.4 is 15.0 Å². The maximum Gasteiger partial charge on any atom is 0.268 e. The number of carbonyl (C=O) groups is 1. The Morgan fingerprint density at radius 1 is 1.23 bits per heavy atom. The predicted molar refractivity (Wildman–Crippen MR) is 118 cm³/mol. The van der Waals surface area contributed by atoms with Gasteiger partial charge in [0, 0.05) is 31.9 Å². The number of benzene rings is 1. The zero-order chi connectivity index (χ0) is 22.1. The Balaban J connectivity index is 1.58. The molecule has 1 aliphatic rings. The quantitative estimate of drug-likeness (QED) is 0.614. The number of fused-ring (bicyclic) bond motifs is 1. The highest BCUT2D eigenvalue weighted by molar-refractivity contribution is 5.95. The monoisotopic (exact) mass is 419 g/mol. The number of hydrogen-bond donors (Lipinski definition) is 0. The number of ether oxygens (including phenoxy) is 2. The van der Waals surface area contributed by atoms with E-state index in [1.165, 1.54) is 10.1 Å². The molecule has 0 aliphatic heterocycles. The van der Waals surface area contributed by atoms with E-state index in [9.17, 15) is 9.59 Å². The summed E-state index contributed by atoms with van der Waals surface area (Å²) in [5.74, 6) is 1.29. The maximum atomic E-state index is 13.2. The number of aromatic nitrogens is 2. The van der Waals surface area contributed by atoms with E-state index in [1.54, 1.807) is 69.9 Å². The first-order chi connectivity index (χ1) is 14.9. The summed E-state index contributed by atoms with van der Waals surface area (Å²) in [5.41, 5.74) is 3.46. The molecule has 0 unspecified atom stereocenters. The third kappa shape index (κ3) is 3.67. The van der Waals surface area contributed by atoms with Crippen LogP contribution in [-0.4, -0.2) is 48.2 Å². The smallest absolute Gasteiger partial charge is 0.268 e. The zero-order valence-electron chi connectivity index (χ0n) is 18.1. The lowest BCUT2D eigenvalue weighted by Crippen LogP contribution is -2.39. The lowest BCUT2D eigenvalue weighted by Gasteiger charge is -2.34. The Kier molecular flexibility index (Phi) is 5.50. The molecule has 0 radical (unpaired) electrons. The highest BCUT2D eigenvalue weighted by Crippen LogP contribution is 2.42. The van der Waals surface area contributed by atoms with Gasteiger partial charge in [-0.25, -0.2) is 0 Å². The number of nitrogens with zero attached hydrogens (tertiary/aromatic N) is 3. The standard InChI is InChI=1S/C24H25N3O4/c1-15-7-9-27(18-6-5-8-25-13-18)24(29)22(15)23(28)26(2)14-17-10-16-11-20(30-3)21(31-4)12-19(16)17/h5-9,11-13,17H,10,14H2,1-4H3/t17-/m1/s1. The second-order valence-electron chi connectivity index (χ2n) is 7.75. The van der Waals surface area contributed by atoms with Crippen molar-refractivity contribution in [3.63, 3.8) is 0 Å². The van der Waals surface area contributed by atoms with Crippen LogP contribution >= 0.6 is 0 Å². The molecule has 2 heterocycles. The number of methoxy groups -OCH3 is 2. The highest BCUT2D eigenvalue weighted by Gasteiger charge is 2.31. The molecule has 0 saturated heterocycles. The van der Waals surface area contributed by atoms with Crippen LogP contribution in [0.15, 0.2) is 53.7 Å². The van der Waals surface area contributed by atoms with Gasteiger partial charge in [0.15, 0.2) is 11.5 Å². The van der Waals surface area contributed by atoms with Gasteiger partial charge in [-0.15, -0.1) is 0 Å². The number of carbonyl (C=O) groups excluding carboxylic acids is 1. The molecule has 0 fully saturated rings. The van der Waals surface area contributed by atoms with Crippen molar-refractivity contribution >= 4 is 5.91 Å². The molecule has 1 aliphatic carbocycles. The first kappa shape index (κ1) is 20.7. The van der Waals surface area contributed by atoms with Gasteiger partial charge in [-0.2, -0.15) is 0 Å². The summed E-state index contributed by atoms with van der Waals surface area (Å²) in [4.78, 5) is 32.0. The van der Waals surface area contributed by atoms with Crippen molar-refractivity contribution in [2.45, 2.75) is 19.3 Å². The van der Waals surface area contributed by atoms with Gasteiger partial charge in [0.1, 0.15) is 5.56 Å². The van der Waals surface area contributed by atoms with Crippen molar-refractivity contribution < 1.29 is 14.3 Å². The summed E-state index contributed by atoms with van der Waals surface area (Å²) in [6.07, 6.45) is 5.76. The van der Waals surface area contributed by atoms with Gasteiger partial charge < -0.3 is 14.4 Å². The minimum Gasteiger partial charge on any atom is -0.493 e. The molecule has 7 heteroatoms. The summed E-state index contributed by atoms with van der Waals surface area (Å²) in [5, 5.41) is 0. The Morgan fingerprint density at radius 3 is 2.65 bits per heavy atom. The Morgan fingerprint density at radius 2 is 1.97 bits per heavy atom. The molecule has 1 amide bonds. The van der Waals surface area contributed by atoms with Crippen molar-refractivity contribution in [2.24, 2.45) is 0 Å². The van der Waals surface area contributed by atoms with Gasteiger partial charge in [0.2, 0.25) is 0 Å². The largest absolute Gasteiger partial charge is 0.493 e. The lowest BCUT2D eigenvalue weighted by atomic mass is 9.77. The lowest BCUT2D eigenvalue weighted by molar-refractivity contribution is 0.0779. The van der Waals surface area contributed by atoms with Gasteiger partial charge in [-0.3, -0.25) is 19.1 Å². The van der Waals surface area contributed by atoms with Crippen LogP contribution in [0.3, 0.4) is 0 Å². The van der Waals surface area contributed by atoms with Crippen molar-refractivity contribution in [1.82, 2.24) is 14.5 Å². The second kappa shape index (κ2) is 8.26. The van der Waals surface area contributed by atoms with Crippen LogP contribution in [-0.2, 0) is 6.42 Å². The third-order valence-corrected chi connectivity index (χ3v) is 5.83. The number of amides is 1. The molecule has 2 aromatic heterocycles. The molecule has 3 aromatic rings. The first-order valence-corrected chi connectivity index (χ1v) is 10.1. The molecule has 31 heavy (non-hydrogen) atoms. The molecule has 4 rings (SSSR count). The van der Waals surface area contributed by atoms with Crippen LogP contribution in [0, 0.1) is 6.92 Å². The molecule has 1 atom stereocenters. The molecule has 7 nitrogen and oxygen atoms in total. The molecular formula is C24H25N3O4.